The topological polar surface area (TPSA) is 78.9 Å². The first-order valence-electron chi connectivity index (χ1n) is 14.2. The summed E-state index contributed by atoms with van der Waals surface area (Å²) in [4.78, 5) is 2.21. The second-order valence-corrected chi connectivity index (χ2v) is 12.0. The minimum Gasteiger partial charge on any atom is -0.392 e. The van der Waals surface area contributed by atoms with Gasteiger partial charge in [-0.25, -0.2) is 0 Å². The SMILES string of the molecule is CC[C@H](C)C1O[C@H](O[C@H]2C([C@H]3COCO3)O[C@](C)(OCCCCCN(C)C)C[C@H]2C)C(C)[C@@H](O)[C@@H]1C. The quantitative estimate of drug-likeness (QED) is 0.390. The van der Waals surface area contributed by atoms with Crippen molar-refractivity contribution in [1.82, 2.24) is 4.90 Å². The van der Waals surface area contributed by atoms with Crippen LogP contribution in [-0.4, -0.2) is 93.3 Å². The number of nitrogens with zero attached hydrogens (tertiary/aromatic N) is 1. The lowest BCUT2D eigenvalue weighted by atomic mass is 9.80. The molecule has 0 spiro atoms. The van der Waals surface area contributed by atoms with Gasteiger partial charge < -0.3 is 38.4 Å². The summed E-state index contributed by atoms with van der Waals surface area (Å²) < 4.78 is 37.6. The summed E-state index contributed by atoms with van der Waals surface area (Å²) in [6, 6.07) is 0. The number of aliphatic hydroxyl groups is 1. The van der Waals surface area contributed by atoms with Crippen molar-refractivity contribution >= 4 is 0 Å². The van der Waals surface area contributed by atoms with Crippen molar-refractivity contribution in [2.75, 3.05) is 40.6 Å². The van der Waals surface area contributed by atoms with Gasteiger partial charge in [-0.05, 0) is 58.7 Å². The second-order valence-electron chi connectivity index (χ2n) is 12.0. The zero-order chi connectivity index (χ0) is 26.5. The van der Waals surface area contributed by atoms with Crippen molar-refractivity contribution in [2.24, 2.45) is 23.7 Å². The maximum absolute atomic E-state index is 11.0. The molecular formula is C28H53NO7. The lowest BCUT2D eigenvalue weighted by molar-refractivity contribution is -0.354. The Balaban J connectivity index is 1.66. The molecule has 3 saturated heterocycles. The zero-order valence-electron chi connectivity index (χ0n) is 24.0. The van der Waals surface area contributed by atoms with E-state index in [4.69, 9.17) is 28.4 Å². The van der Waals surface area contributed by atoms with Gasteiger partial charge in [0.15, 0.2) is 12.1 Å². The standard InChI is InChI=1S/C28H53NO7/c1-9-18(2)24-20(4)23(30)21(5)27(34-24)35-25-19(3)15-28(6,33-14-12-10-11-13-29(7)8)36-26(25)22-16-31-17-32-22/h18-27,30H,9-17H2,1-8H3/t18-,19+,20-,21?,22+,23-,24?,25+,26?,27+,28-/m0/s1. The van der Waals surface area contributed by atoms with Crippen LogP contribution in [0.25, 0.3) is 0 Å². The van der Waals surface area contributed by atoms with Crippen LogP contribution >= 0.6 is 0 Å². The predicted molar refractivity (Wildman–Crippen MR) is 138 cm³/mol. The normalized spacial score (nSPS) is 42.7. The van der Waals surface area contributed by atoms with E-state index in [1.54, 1.807) is 0 Å². The molecule has 8 nitrogen and oxygen atoms in total. The van der Waals surface area contributed by atoms with Crippen molar-refractivity contribution in [3.63, 3.8) is 0 Å². The molecule has 0 aliphatic carbocycles. The van der Waals surface area contributed by atoms with Gasteiger partial charge in [0.1, 0.15) is 19.0 Å². The van der Waals surface area contributed by atoms with E-state index in [9.17, 15) is 5.11 Å². The maximum Gasteiger partial charge on any atom is 0.166 e. The van der Waals surface area contributed by atoms with Gasteiger partial charge in [-0.15, -0.1) is 0 Å². The second kappa shape index (κ2) is 13.7. The van der Waals surface area contributed by atoms with E-state index in [2.05, 4.69) is 46.7 Å². The molecule has 3 rings (SSSR count). The lowest BCUT2D eigenvalue weighted by Crippen LogP contribution is -2.60. The Hall–Kier alpha value is -0.320. The number of rotatable bonds is 12. The molecule has 36 heavy (non-hydrogen) atoms. The van der Waals surface area contributed by atoms with Gasteiger partial charge in [-0.2, -0.15) is 0 Å². The van der Waals surface area contributed by atoms with E-state index in [0.717, 1.165) is 32.2 Å². The van der Waals surface area contributed by atoms with Crippen LogP contribution in [0.4, 0.5) is 0 Å². The Bertz CT molecular complexity index is 645. The van der Waals surface area contributed by atoms with Gasteiger partial charge in [0, 0.05) is 18.3 Å². The number of ether oxygens (including phenoxy) is 6. The third-order valence-electron chi connectivity index (χ3n) is 8.45. The van der Waals surface area contributed by atoms with Crippen molar-refractivity contribution in [3.8, 4) is 0 Å². The highest BCUT2D eigenvalue weighted by Crippen LogP contribution is 2.41. The summed E-state index contributed by atoms with van der Waals surface area (Å²) in [6.07, 6.45) is 3.17. The van der Waals surface area contributed by atoms with Crippen LogP contribution in [0.15, 0.2) is 0 Å². The van der Waals surface area contributed by atoms with Gasteiger partial charge >= 0.3 is 0 Å². The third kappa shape index (κ3) is 7.63. The average molecular weight is 516 g/mol. The van der Waals surface area contributed by atoms with Crippen LogP contribution in [0.3, 0.4) is 0 Å². The van der Waals surface area contributed by atoms with E-state index in [-0.39, 0.29) is 49.0 Å². The first-order valence-corrected chi connectivity index (χ1v) is 14.2. The highest BCUT2D eigenvalue weighted by Gasteiger charge is 2.51. The molecule has 3 fully saturated rings. The lowest BCUT2D eigenvalue weighted by Gasteiger charge is -2.50. The first kappa shape index (κ1) is 30.2. The van der Waals surface area contributed by atoms with Crippen LogP contribution in [0.2, 0.25) is 0 Å². The van der Waals surface area contributed by atoms with Crippen LogP contribution in [-0.2, 0) is 28.4 Å². The smallest absolute Gasteiger partial charge is 0.166 e. The molecule has 0 aromatic rings. The Labute approximate surface area is 219 Å². The zero-order valence-corrected chi connectivity index (χ0v) is 24.0. The van der Waals surface area contributed by atoms with Gasteiger partial charge in [0.2, 0.25) is 0 Å². The summed E-state index contributed by atoms with van der Waals surface area (Å²) in [5, 5.41) is 11.0. The van der Waals surface area contributed by atoms with Crippen molar-refractivity contribution in [1.29, 1.82) is 0 Å². The van der Waals surface area contributed by atoms with Crippen LogP contribution < -0.4 is 0 Å². The molecular weight excluding hydrogens is 462 g/mol. The molecule has 8 heteroatoms. The highest BCUT2D eigenvalue weighted by atomic mass is 16.8. The van der Waals surface area contributed by atoms with E-state index < -0.39 is 18.2 Å². The number of hydrogen-bond acceptors (Lipinski definition) is 8. The fourth-order valence-electron chi connectivity index (χ4n) is 5.98. The van der Waals surface area contributed by atoms with Crippen LogP contribution in [0.5, 0.6) is 0 Å². The van der Waals surface area contributed by atoms with Gasteiger partial charge in [0.05, 0.1) is 31.5 Å². The molecule has 11 atom stereocenters. The van der Waals surface area contributed by atoms with Gasteiger partial charge in [-0.3, -0.25) is 0 Å². The molecule has 0 aromatic carbocycles. The van der Waals surface area contributed by atoms with E-state index in [1.807, 2.05) is 13.8 Å². The highest BCUT2D eigenvalue weighted by molar-refractivity contribution is 4.94. The van der Waals surface area contributed by atoms with Crippen molar-refractivity contribution < 1.29 is 33.5 Å². The summed E-state index contributed by atoms with van der Waals surface area (Å²) in [5.74, 6) is -0.289. The van der Waals surface area contributed by atoms with Crippen molar-refractivity contribution in [2.45, 2.75) is 116 Å². The largest absolute Gasteiger partial charge is 0.392 e. The van der Waals surface area contributed by atoms with Crippen LogP contribution in [0.1, 0.15) is 73.6 Å². The Morgan fingerprint density at radius 3 is 2.50 bits per heavy atom. The molecule has 0 amide bonds. The third-order valence-corrected chi connectivity index (χ3v) is 8.45. The first-order chi connectivity index (χ1) is 17.1. The fourth-order valence-corrected chi connectivity index (χ4v) is 5.98. The molecule has 0 saturated carbocycles. The molecule has 1 N–H and O–H groups in total. The maximum atomic E-state index is 11.0. The monoisotopic (exact) mass is 515 g/mol. The molecule has 3 heterocycles. The summed E-state index contributed by atoms with van der Waals surface area (Å²) in [5.41, 5.74) is 0. The number of unbranched alkanes of at least 4 members (excludes halogenated alkanes) is 2. The van der Waals surface area contributed by atoms with Gasteiger partial charge in [0.25, 0.3) is 0 Å². The predicted octanol–water partition coefficient (Wildman–Crippen LogP) is 4.04. The summed E-state index contributed by atoms with van der Waals surface area (Å²) in [7, 11) is 4.21. The molecule has 0 radical (unpaired) electrons. The van der Waals surface area contributed by atoms with Crippen molar-refractivity contribution in [3.05, 3.63) is 0 Å². The van der Waals surface area contributed by atoms with Gasteiger partial charge in [-0.1, -0.05) is 41.0 Å². The van der Waals surface area contributed by atoms with Crippen LogP contribution in [0, 0.1) is 23.7 Å². The number of hydrogen-bond donors (Lipinski definition) is 1. The number of aliphatic hydroxyl groups excluding tert-OH is 1. The molecule has 3 unspecified atom stereocenters. The Morgan fingerprint density at radius 1 is 1.11 bits per heavy atom. The molecule has 0 aromatic heterocycles. The minimum atomic E-state index is -0.705. The van der Waals surface area contributed by atoms with E-state index in [1.165, 1.54) is 0 Å². The average Bonchev–Trinajstić information content (AvgIpc) is 3.37. The summed E-state index contributed by atoms with van der Waals surface area (Å²) in [6.45, 7) is 15.2. The fraction of sp³-hybridized carbons (Fsp3) is 1.00. The Morgan fingerprint density at radius 2 is 1.86 bits per heavy atom. The minimum absolute atomic E-state index is 0.0448. The Kier molecular flexibility index (Phi) is 11.5. The van der Waals surface area contributed by atoms with E-state index in [0.29, 0.717) is 25.6 Å². The molecule has 0 bridgehead atoms. The molecule has 3 aliphatic rings. The molecule has 212 valence electrons. The van der Waals surface area contributed by atoms with E-state index >= 15 is 0 Å². The summed E-state index contributed by atoms with van der Waals surface area (Å²) >= 11 is 0. The molecule has 3 aliphatic heterocycles.